The summed E-state index contributed by atoms with van der Waals surface area (Å²) in [6, 6.07) is 0.141. The fourth-order valence-corrected chi connectivity index (χ4v) is 3.40. The Morgan fingerprint density at radius 2 is 1.96 bits per heavy atom. The second-order valence-electron chi connectivity index (χ2n) is 8.06. The molecule has 1 unspecified atom stereocenters. The van der Waals surface area contributed by atoms with E-state index in [9.17, 15) is 9.59 Å². The minimum Gasteiger partial charge on any atom is -0.444 e. The topological polar surface area (TPSA) is 62.2 Å². The summed E-state index contributed by atoms with van der Waals surface area (Å²) in [7, 11) is 1.67. The van der Waals surface area contributed by atoms with Crippen LogP contribution in [0.5, 0.6) is 0 Å². The van der Waals surface area contributed by atoms with Gasteiger partial charge in [-0.1, -0.05) is 19.3 Å². The fraction of sp³-hybridized carbons (Fsp3) is 0.833. The zero-order valence-corrected chi connectivity index (χ0v) is 15.7. The van der Waals surface area contributed by atoms with Gasteiger partial charge in [0, 0.05) is 7.05 Å². The second kappa shape index (κ2) is 7.53. The monoisotopic (exact) mass is 337 g/mol. The molecule has 0 saturated heterocycles. The number of carbonyl (C=O) groups is 2. The highest BCUT2D eigenvalue weighted by molar-refractivity contribution is 6.06. The number of hydrogen-bond donors (Lipinski definition) is 0. The average molecular weight is 337 g/mol. The Morgan fingerprint density at radius 3 is 2.54 bits per heavy atom. The summed E-state index contributed by atoms with van der Waals surface area (Å²) in [5.41, 5.74) is 0.205. The molecule has 1 aliphatic carbocycles. The first-order valence-electron chi connectivity index (χ1n) is 9.00. The SMILES string of the molecule is CC(C1CCCCC1)N1N=C(CN(C)C(=O)OC(C)(C)C)CC1=O. The van der Waals surface area contributed by atoms with E-state index < -0.39 is 11.7 Å². The molecule has 24 heavy (non-hydrogen) atoms. The third-order valence-electron chi connectivity index (χ3n) is 4.70. The van der Waals surface area contributed by atoms with Crippen molar-refractivity contribution in [3.63, 3.8) is 0 Å². The van der Waals surface area contributed by atoms with Crippen LogP contribution < -0.4 is 0 Å². The number of rotatable bonds is 4. The van der Waals surface area contributed by atoms with Gasteiger partial charge in [-0.15, -0.1) is 0 Å². The summed E-state index contributed by atoms with van der Waals surface area (Å²) in [6.07, 6.45) is 6.04. The van der Waals surface area contributed by atoms with E-state index in [-0.39, 0.29) is 11.9 Å². The zero-order valence-electron chi connectivity index (χ0n) is 15.7. The van der Waals surface area contributed by atoms with E-state index in [2.05, 4.69) is 12.0 Å². The van der Waals surface area contributed by atoms with Crippen molar-refractivity contribution in [2.45, 2.75) is 77.9 Å². The maximum Gasteiger partial charge on any atom is 0.410 e. The molecular weight excluding hydrogens is 306 g/mol. The van der Waals surface area contributed by atoms with Crippen molar-refractivity contribution < 1.29 is 14.3 Å². The minimum absolute atomic E-state index is 0.0423. The first kappa shape index (κ1) is 18.7. The van der Waals surface area contributed by atoms with E-state index in [4.69, 9.17) is 4.74 Å². The molecule has 6 nitrogen and oxygen atoms in total. The van der Waals surface area contributed by atoms with Crippen molar-refractivity contribution in [2.75, 3.05) is 13.6 Å². The Morgan fingerprint density at radius 1 is 1.33 bits per heavy atom. The van der Waals surface area contributed by atoms with E-state index in [1.807, 2.05) is 20.8 Å². The summed E-state index contributed by atoms with van der Waals surface area (Å²) in [5, 5.41) is 6.16. The van der Waals surface area contributed by atoms with Crippen molar-refractivity contribution in [1.29, 1.82) is 0 Å². The number of carbonyl (C=O) groups excluding carboxylic acids is 2. The third-order valence-corrected chi connectivity index (χ3v) is 4.70. The van der Waals surface area contributed by atoms with Crippen LogP contribution in [-0.2, 0) is 9.53 Å². The van der Waals surface area contributed by atoms with Crippen LogP contribution in [0.2, 0.25) is 0 Å². The zero-order chi connectivity index (χ0) is 17.9. The molecule has 1 saturated carbocycles. The molecule has 0 N–H and O–H groups in total. The summed E-state index contributed by atoms with van der Waals surface area (Å²) < 4.78 is 5.34. The number of ether oxygens (including phenoxy) is 1. The lowest BCUT2D eigenvalue weighted by Crippen LogP contribution is -2.37. The van der Waals surface area contributed by atoms with Crippen molar-refractivity contribution >= 4 is 17.7 Å². The Labute approximate surface area is 145 Å². The van der Waals surface area contributed by atoms with E-state index >= 15 is 0 Å². The molecule has 136 valence electrons. The molecule has 0 aromatic rings. The number of hydrazone groups is 1. The van der Waals surface area contributed by atoms with Crippen LogP contribution in [0.4, 0.5) is 4.79 Å². The molecule has 1 heterocycles. The molecule has 1 atom stereocenters. The largest absolute Gasteiger partial charge is 0.444 e. The number of hydrogen-bond acceptors (Lipinski definition) is 4. The van der Waals surface area contributed by atoms with E-state index in [1.54, 1.807) is 12.1 Å². The van der Waals surface area contributed by atoms with Gasteiger partial charge < -0.3 is 9.64 Å². The van der Waals surface area contributed by atoms with Gasteiger partial charge >= 0.3 is 6.09 Å². The van der Waals surface area contributed by atoms with Gasteiger partial charge in [-0.2, -0.15) is 5.10 Å². The first-order valence-corrected chi connectivity index (χ1v) is 9.00. The molecule has 6 heteroatoms. The lowest BCUT2D eigenvalue weighted by atomic mass is 9.84. The van der Waals surface area contributed by atoms with E-state index in [1.165, 1.54) is 37.0 Å². The van der Waals surface area contributed by atoms with Gasteiger partial charge in [-0.3, -0.25) is 4.79 Å². The summed E-state index contributed by atoms with van der Waals surface area (Å²) in [4.78, 5) is 25.8. The molecule has 0 aromatic carbocycles. The van der Waals surface area contributed by atoms with E-state index in [0.717, 1.165) is 5.71 Å². The second-order valence-corrected chi connectivity index (χ2v) is 8.06. The van der Waals surface area contributed by atoms with Gasteiger partial charge in [0.15, 0.2) is 0 Å². The van der Waals surface area contributed by atoms with Crippen molar-refractivity contribution in [2.24, 2.45) is 11.0 Å². The smallest absolute Gasteiger partial charge is 0.410 e. The maximum atomic E-state index is 12.3. The van der Waals surface area contributed by atoms with Crippen LogP contribution in [-0.4, -0.2) is 52.9 Å². The lowest BCUT2D eigenvalue weighted by molar-refractivity contribution is -0.131. The molecule has 2 amide bonds. The van der Waals surface area contributed by atoms with Gasteiger partial charge in [0.2, 0.25) is 5.91 Å². The van der Waals surface area contributed by atoms with Crippen LogP contribution in [0.1, 0.15) is 66.2 Å². The Balaban J connectivity index is 1.94. The molecule has 2 aliphatic rings. The van der Waals surface area contributed by atoms with Crippen LogP contribution in [0.3, 0.4) is 0 Å². The quantitative estimate of drug-likeness (QED) is 0.790. The summed E-state index contributed by atoms with van der Waals surface area (Å²) >= 11 is 0. The number of nitrogens with zero attached hydrogens (tertiary/aromatic N) is 3. The highest BCUT2D eigenvalue weighted by Gasteiger charge is 2.33. The molecule has 2 rings (SSSR count). The number of amides is 2. The van der Waals surface area contributed by atoms with Crippen LogP contribution >= 0.6 is 0 Å². The maximum absolute atomic E-state index is 12.3. The molecule has 1 fully saturated rings. The lowest BCUT2D eigenvalue weighted by Gasteiger charge is -2.31. The van der Waals surface area contributed by atoms with Crippen LogP contribution in [0.15, 0.2) is 5.10 Å². The van der Waals surface area contributed by atoms with Gasteiger partial charge in [0.25, 0.3) is 0 Å². The normalized spacial score (nSPS) is 20.8. The van der Waals surface area contributed by atoms with E-state index in [0.29, 0.717) is 18.9 Å². The van der Waals surface area contributed by atoms with Crippen molar-refractivity contribution in [3.05, 3.63) is 0 Å². The van der Waals surface area contributed by atoms with Gasteiger partial charge in [0.1, 0.15) is 5.60 Å². The van der Waals surface area contributed by atoms with Crippen LogP contribution in [0, 0.1) is 5.92 Å². The fourth-order valence-electron chi connectivity index (χ4n) is 3.40. The van der Waals surface area contributed by atoms with Crippen molar-refractivity contribution in [3.8, 4) is 0 Å². The third kappa shape index (κ3) is 4.95. The van der Waals surface area contributed by atoms with Crippen molar-refractivity contribution in [1.82, 2.24) is 9.91 Å². The molecular formula is C18H31N3O3. The molecule has 0 aromatic heterocycles. The summed E-state index contributed by atoms with van der Waals surface area (Å²) in [6.45, 7) is 7.93. The molecule has 1 aliphatic heterocycles. The van der Waals surface area contributed by atoms with Gasteiger partial charge in [0.05, 0.1) is 24.7 Å². The molecule has 0 bridgehead atoms. The molecule has 0 spiro atoms. The Kier molecular flexibility index (Phi) is 5.88. The van der Waals surface area contributed by atoms with Gasteiger partial charge in [-0.25, -0.2) is 9.80 Å². The van der Waals surface area contributed by atoms with Gasteiger partial charge in [-0.05, 0) is 46.5 Å². The average Bonchev–Trinajstić information content (AvgIpc) is 2.86. The van der Waals surface area contributed by atoms with Crippen LogP contribution in [0.25, 0.3) is 0 Å². The minimum atomic E-state index is -0.528. The predicted molar refractivity (Wildman–Crippen MR) is 93.8 cm³/mol. The highest BCUT2D eigenvalue weighted by atomic mass is 16.6. The standard InChI is InChI=1S/C18H31N3O3/c1-13(14-9-7-6-8-10-14)21-16(22)11-15(19-21)12-20(5)17(23)24-18(2,3)4/h13-14H,6-12H2,1-5H3. The highest BCUT2D eigenvalue weighted by Crippen LogP contribution is 2.30. The Hall–Kier alpha value is -1.59. The summed E-state index contributed by atoms with van der Waals surface area (Å²) in [5.74, 6) is 0.579. The Bertz CT molecular complexity index is 504. The molecule has 0 radical (unpaired) electrons. The first-order chi connectivity index (χ1) is 11.2. The predicted octanol–water partition coefficient (Wildman–Crippen LogP) is 3.41.